The lowest BCUT2D eigenvalue weighted by Crippen LogP contribution is -2.45. The summed E-state index contributed by atoms with van der Waals surface area (Å²) in [6.07, 6.45) is 0. The summed E-state index contributed by atoms with van der Waals surface area (Å²) < 4.78 is 10.6. The Bertz CT molecular complexity index is 508. The first kappa shape index (κ1) is 17.5. The van der Waals surface area contributed by atoms with Gasteiger partial charge in [-0.05, 0) is 41.1 Å². The molecule has 0 fully saturated rings. The van der Waals surface area contributed by atoms with E-state index in [4.69, 9.17) is 9.47 Å². The van der Waals surface area contributed by atoms with E-state index in [1.165, 1.54) is 0 Å². The first-order valence-electron chi connectivity index (χ1n) is 6.40. The standard InChI is InChI=1S/C14H19BrN2O4/c1-9(13(18)16-6-7-20-2)17-14(19)10-4-5-12(21-3)11(15)8-10/h4-5,8-9H,6-7H2,1-3H3,(H,16,18)(H,17,19). The number of ether oxygens (including phenoxy) is 2. The molecule has 1 unspecified atom stereocenters. The van der Waals surface area contributed by atoms with E-state index in [0.717, 1.165) is 0 Å². The Kier molecular flexibility index (Phi) is 7.18. The van der Waals surface area contributed by atoms with Crippen molar-refractivity contribution < 1.29 is 19.1 Å². The lowest BCUT2D eigenvalue weighted by molar-refractivity contribution is -0.122. The van der Waals surface area contributed by atoms with Gasteiger partial charge in [0.05, 0.1) is 18.2 Å². The molecule has 2 amide bonds. The average molecular weight is 359 g/mol. The molecule has 0 spiro atoms. The van der Waals surface area contributed by atoms with Crippen LogP contribution in [0.3, 0.4) is 0 Å². The van der Waals surface area contributed by atoms with Gasteiger partial charge < -0.3 is 20.1 Å². The highest BCUT2D eigenvalue weighted by atomic mass is 79.9. The lowest BCUT2D eigenvalue weighted by atomic mass is 10.2. The second-order valence-corrected chi connectivity index (χ2v) is 5.18. The van der Waals surface area contributed by atoms with Crippen LogP contribution in [-0.2, 0) is 9.53 Å². The number of rotatable bonds is 7. The normalized spacial score (nSPS) is 11.6. The van der Waals surface area contributed by atoms with Gasteiger partial charge in [0.1, 0.15) is 11.8 Å². The minimum absolute atomic E-state index is 0.257. The van der Waals surface area contributed by atoms with E-state index in [1.807, 2.05) is 0 Å². The summed E-state index contributed by atoms with van der Waals surface area (Å²) in [4.78, 5) is 23.8. The molecule has 0 aromatic heterocycles. The smallest absolute Gasteiger partial charge is 0.251 e. The summed E-state index contributed by atoms with van der Waals surface area (Å²) in [6, 6.07) is 4.33. The molecular formula is C14H19BrN2O4. The van der Waals surface area contributed by atoms with Gasteiger partial charge in [0.2, 0.25) is 5.91 Å². The summed E-state index contributed by atoms with van der Waals surface area (Å²) in [5, 5.41) is 5.30. The summed E-state index contributed by atoms with van der Waals surface area (Å²) >= 11 is 3.31. The topological polar surface area (TPSA) is 76.7 Å². The quantitative estimate of drug-likeness (QED) is 0.721. The molecule has 2 N–H and O–H groups in total. The zero-order valence-corrected chi connectivity index (χ0v) is 13.8. The van der Waals surface area contributed by atoms with Gasteiger partial charge in [-0.15, -0.1) is 0 Å². The monoisotopic (exact) mass is 358 g/mol. The largest absolute Gasteiger partial charge is 0.496 e. The third kappa shape index (κ3) is 5.35. The minimum Gasteiger partial charge on any atom is -0.496 e. The maximum absolute atomic E-state index is 12.1. The molecule has 0 bridgehead atoms. The Morgan fingerprint density at radius 2 is 2.05 bits per heavy atom. The van der Waals surface area contributed by atoms with E-state index in [-0.39, 0.29) is 11.8 Å². The molecule has 0 radical (unpaired) electrons. The Balaban J connectivity index is 2.59. The predicted molar refractivity (Wildman–Crippen MR) is 82.5 cm³/mol. The Hall–Kier alpha value is -1.60. The summed E-state index contributed by atoms with van der Waals surface area (Å²) in [5.41, 5.74) is 0.444. The van der Waals surface area contributed by atoms with Crippen molar-refractivity contribution in [3.05, 3.63) is 28.2 Å². The highest BCUT2D eigenvalue weighted by Gasteiger charge is 2.16. The molecule has 116 valence electrons. The van der Waals surface area contributed by atoms with Crippen LogP contribution in [-0.4, -0.2) is 45.2 Å². The van der Waals surface area contributed by atoms with Crippen LogP contribution in [0.4, 0.5) is 0 Å². The number of benzene rings is 1. The number of carbonyl (C=O) groups is 2. The Labute approximate surface area is 132 Å². The average Bonchev–Trinajstić information content (AvgIpc) is 2.47. The third-order valence-corrected chi connectivity index (χ3v) is 3.38. The van der Waals surface area contributed by atoms with Crippen LogP contribution >= 0.6 is 15.9 Å². The molecule has 0 aliphatic heterocycles. The molecule has 7 heteroatoms. The molecule has 0 heterocycles. The van der Waals surface area contributed by atoms with Gasteiger partial charge in [-0.1, -0.05) is 0 Å². The fraction of sp³-hybridized carbons (Fsp3) is 0.429. The maximum atomic E-state index is 12.1. The van der Waals surface area contributed by atoms with Crippen molar-refractivity contribution in [3.63, 3.8) is 0 Å². The van der Waals surface area contributed by atoms with Crippen LogP contribution in [0.15, 0.2) is 22.7 Å². The van der Waals surface area contributed by atoms with Gasteiger partial charge >= 0.3 is 0 Å². The number of nitrogens with one attached hydrogen (secondary N) is 2. The molecule has 1 aromatic carbocycles. The second kappa shape index (κ2) is 8.63. The lowest BCUT2D eigenvalue weighted by Gasteiger charge is -2.14. The van der Waals surface area contributed by atoms with Gasteiger partial charge in [-0.3, -0.25) is 9.59 Å². The molecule has 0 aliphatic carbocycles. The summed E-state index contributed by atoms with van der Waals surface area (Å²) in [6.45, 7) is 2.46. The molecule has 6 nitrogen and oxygen atoms in total. The van der Waals surface area contributed by atoms with Crippen molar-refractivity contribution in [2.45, 2.75) is 13.0 Å². The van der Waals surface area contributed by atoms with Crippen molar-refractivity contribution in [1.29, 1.82) is 0 Å². The number of hydrogen-bond acceptors (Lipinski definition) is 4. The fourth-order valence-corrected chi connectivity index (χ4v) is 2.12. The number of hydrogen-bond donors (Lipinski definition) is 2. The molecule has 21 heavy (non-hydrogen) atoms. The van der Waals surface area contributed by atoms with Gasteiger partial charge in [-0.25, -0.2) is 0 Å². The molecule has 1 atom stereocenters. The van der Waals surface area contributed by atoms with Crippen molar-refractivity contribution >= 4 is 27.7 Å². The number of methoxy groups -OCH3 is 2. The van der Waals surface area contributed by atoms with Crippen LogP contribution in [0, 0.1) is 0 Å². The van der Waals surface area contributed by atoms with Crippen LogP contribution in [0.5, 0.6) is 5.75 Å². The first-order chi connectivity index (χ1) is 9.99. The van der Waals surface area contributed by atoms with Crippen molar-refractivity contribution in [3.8, 4) is 5.75 Å². The van der Waals surface area contributed by atoms with E-state index < -0.39 is 6.04 Å². The maximum Gasteiger partial charge on any atom is 0.251 e. The number of halogens is 1. The van der Waals surface area contributed by atoms with Gasteiger partial charge in [0.15, 0.2) is 0 Å². The third-order valence-electron chi connectivity index (χ3n) is 2.76. The van der Waals surface area contributed by atoms with E-state index in [1.54, 1.807) is 39.3 Å². The SMILES string of the molecule is COCCNC(=O)C(C)NC(=O)c1ccc(OC)c(Br)c1. The van der Waals surface area contributed by atoms with E-state index in [0.29, 0.717) is 28.9 Å². The molecular weight excluding hydrogens is 340 g/mol. The second-order valence-electron chi connectivity index (χ2n) is 4.33. The first-order valence-corrected chi connectivity index (χ1v) is 7.20. The van der Waals surface area contributed by atoms with E-state index in [2.05, 4.69) is 26.6 Å². The summed E-state index contributed by atoms with van der Waals surface area (Å²) in [5.74, 6) is 0.0534. The zero-order chi connectivity index (χ0) is 15.8. The Morgan fingerprint density at radius 3 is 2.62 bits per heavy atom. The van der Waals surface area contributed by atoms with Crippen LogP contribution in [0.25, 0.3) is 0 Å². The van der Waals surface area contributed by atoms with E-state index in [9.17, 15) is 9.59 Å². The molecule has 0 aliphatic rings. The van der Waals surface area contributed by atoms with Gasteiger partial charge in [0.25, 0.3) is 5.91 Å². The Morgan fingerprint density at radius 1 is 1.33 bits per heavy atom. The van der Waals surface area contributed by atoms with Gasteiger partial charge in [-0.2, -0.15) is 0 Å². The summed E-state index contributed by atoms with van der Waals surface area (Å²) in [7, 11) is 3.10. The van der Waals surface area contributed by atoms with Crippen molar-refractivity contribution in [2.24, 2.45) is 0 Å². The van der Waals surface area contributed by atoms with Crippen LogP contribution in [0.1, 0.15) is 17.3 Å². The fourth-order valence-electron chi connectivity index (χ4n) is 1.58. The molecule has 0 saturated heterocycles. The van der Waals surface area contributed by atoms with Crippen molar-refractivity contribution in [1.82, 2.24) is 10.6 Å². The molecule has 1 rings (SSSR count). The highest BCUT2D eigenvalue weighted by molar-refractivity contribution is 9.10. The predicted octanol–water partition coefficient (Wildman–Crippen LogP) is 1.34. The van der Waals surface area contributed by atoms with Crippen LogP contribution < -0.4 is 15.4 Å². The number of carbonyl (C=O) groups excluding carboxylic acids is 2. The highest BCUT2D eigenvalue weighted by Crippen LogP contribution is 2.25. The van der Waals surface area contributed by atoms with Crippen molar-refractivity contribution in [2.75, 3.05) is 27.4 Å². The molecule has 0 saturated carbocycles. The minimum atomic E-state index is -0.629. The van der Waals surface area contributed by atoms with Crippen LogP contribution in [0.2, 0.25) is 0 Å². The number of amides is 2. The van der Waals surface area contributed by atoms with E-state index >= 15 is 0 Å². The van der Waals surface area contributed by atoms with Gasteiger partial charge in [0, 0.05) is 19.2 Å². The molecule has 1 aromatic rings. The zero-order valence-electron chi connectivity index (χ0n) is 12.2.